The number of aromatic nitrogens is 2. The van der Waals surface area contributed by atoms with Crippen LogP contribution in [0.2, 0.25) is 5.02 Å². The van der Waals surface area contributed by atoms with Crippen molar-refractivity contribution in [3.8, 4) is 0 Å². The number of rotatable bonds is 3. The fourth-order valence-corrected chi connectivity index (χ4v) is 2.40. The van der Waals surface area contributed by atoms with E-state index in [2.05, 4.69) is 36.3 Å². The number of nitrogens with one attached hydrogen (secondary N) is 2. The third kappa shape index (κ3) is 5.33. The van der Waals surface area contributed by atoms with Crippen molar-refractivity contribution in [3.05, 3.63) is 64.3 Å². The Hall–Kier alpha value is -2.33. The van der Waals surface area contributed by atoms with Crippen LogP contribution in [0.3, 0.4) is 0 Å². The molecule has 1 aromatic heterocycles. The van der Waals surface area contributed by atoms with Gasteiger partial charge in [0, 0.05) is 28.2 Å². The van der Waals surface area contributed by atoms with Gasteiger partial charge in [-0.05, 0) is 42.7 Å². The van der Waals surface area contributed by atoms with Crippen LogP contribution in [-0.2, 0) is 6.54 Å². The molecule has 3 rings (SSSR count). The van der Waals surface area contributed by atoms with E-state index in [4.69, 9.17) is 11.6 Å². The number of fused-ring (bicyclic) bond motifs is 1. The molecule has 1 heterocycles. The maximum Gasteiger partial charge on any atom is 0.251 e. The van der Waals surface area contributed by atoms with Gasteiger partial charge < -0.3 is 5.32 Å². The molecule has 132 valence electrons. The second-order valence-corrected chi connectivity index (χ2v) is 6.99. The van der Waals surface area contributed by atoms with Gasteiger partial charge in [-0.15, -0.1) is 0 Å². The molecule has 0 aliphatic carbocycles. The lowest BCUT2D eigenvalue weighted by Gasteiger charge is -2.07. The van der Waals surface area contributed by atoms with E-state index in [1.54, 1.807) is 6.07 Å². The minimum Gasteiger partial charge on any atom is -0.348 e. The first-order valence-corrected chi connectivity index (χ1v) is 8.72. The van der Waals surface area contributed by atoms with E-state index in [0.29, 0.717) is 17.1 Å². The van der Waals surface area contributed by atoms with Crippen molar-refractivity contribution in [2.24, 2.45) is 5.92 Å². The molecule has 25 heavy (non-hydrogen) atoms. The molecule has 0 atom stereocenters. The van der Waals surface area contributed by atoms with Crippen molar-refractivity contribution in [1.29, 1.82) is 0 Å². The van der Waals surface area contributed by atoms with Crippen molar-refractivity contribution in [3.63, 3.8) is 0 Å². The molecule has 0 aliphatic heterocycles. The number of nitrogens with zero attached hydrogens (tertiary/aromatic N) is 1. The molecule has 2 N–H and O–H groups in total. The average Bonchev–Trinajstić information content (AvgIpc) is 2.94. The van der Waals surface area contributed by atoms with Crippen molar-refractivity contribution in [2.75, 3.05) is 0 Å². The van der Waals surface area contributed by atoms with Gasteiger partial charge in [0.2, 0.25) is 0 Å². The number of aromatic amines is 1. The summed E-state index contributed by atoms with van der Waals surface area (Å²) >= 11 is 6.07. The van der Waals surface area contributed by atoms with E-state index in [1.807, 2.05) is 43.3 Å². The first-order chi connectivity index (χ1) is 11.9. The van der Waals surface area contributed by atoms with Crippen molar-refractivity contribution < 1.29 is 4.79 Å². The molecule has 3 aromatic rings. The van der Waals surface area contributed by atoms with Crippen LogP contribution in [0.25, 0.3) is 10.9 Å². The molecule has 1 amide bonds. The number of halogens is 1. The fraction of sp³-hybridized carbons (Fsp3) is 0.300. The summed E-state index contributed by atoms with van der Waals surface area (Å²) in [6, 6.07) is 12.9. The summed E-state index contributed by atoms with van der Waals surface area (Å²) in [5.41, 5.74) is 3.31. The van der Waals surface area contributed by atoms with Gasteiger partial charge >= 0.3 is 0 Å². The smallest absolute Gasteiger partial charge is 0.251 e. The highest BCUT2D eigenvalue weighted by molar-refractivity contribution is 6.31. The van der Waals surface area contributed by atoms with Crippen LogP contribution in [0.15, 0.2) is 42.5 Å². The number of carbonyl (C=O) groups excluding carboxylic acids is 1. The Labute approximate surface area is 153 Å². The number of amides is 1. The highest BCUT2D eigenvalue weighted by Crippen LogP contribution is 2.18. The SMILES string of the molecule is CC(C)C.Cc1[nH]nc2ccc(C(=O)NCc3ccccc3Cl)cc12. The molecule has 0 saturated carbocycles. The lowest BCUT2D eigenvalue weighted by molar-refractivity contribution is 0.0951. The molecule has 0 saturated heterocycles. The zero-order valence-corrected chi connectivity index (χ0v) is 15.8. The summed E-state index contributed by atoms with van der Waals surface area (Å²) in [6.45, 7) is 8.83. The number of H-pyrrole nitrogens is 1. The highest BCUT2D eigenvalue weighted by atomic mass is 35.5. The summed E-state index contributed by atoms with van der Waals surface area (Å²) in [6.07, 6.45) is 0. The van der Waals surface area contributed by atoms with E-state index in [0.717, 1.165) is 28.1 Å². The number of benzene rings is 2. The molecule has 2 aromatic carbocycles. The summed E-state index contributed by atoms with van der Waals surface area (Å²) in [5, 5.41) is 11.5. The number of carbonyl (C=O) groups is 1. The Morgan fingerprint density at radius 2 is 1.88 bits per heavy atom. The van der Waals surface area contributed by atoms with Crippen LogP contribution in [0.5, 0.6) is 0 Å². The topological polar surface area (TPSA) is 57.8 Å². The maximum atomic E-state index is 12.2. The van der Waals surface area contributed by atoms with Crippen LogP contribution in [0.1, 0.15) is 42.4 Å². The number of aryl methyl sites for hydroxylation is 1. The fourth-order valence-electron chi connectivity index (χ4n) is 2.20. The first kappa shape index (κ1) is 19.0. The number of hydrogen-bond acceptors (Lipinski definition) is 2. The maximum absolute atomic E-state index is 12.2. The normalized spacial score (nSPS) is 10.5. The Balaban J connectivity index is 0.000000511. The molecule has 0 bridgehead atoms. The predicted octanol–water partition coefficient (Wildman–Crippen LogP) is 5.12. The lowest BCUT2D eigenvalue weighted by atomic mass is 10.1. The monoisotopic (exact) mass is 357 g/mol. The molecular weight excluding hydrogens is 334 g/mol. The lowest BCUT2D eigenvalue weighted by Crippen LogP contribution is -2.22. The quantitative estimate of drug-likeness (QED) is 0.683. The largest absolute Gasteiger partial charge is 0.348 e. The molecule has 0 spiro atoms. The minimum absolute atomic E-state index is 0.127. The predicted molar refractivity (Wildman–Crippen MR) is 104 cm³/mol. The summed E-state index contributed by atoms with van der Waals surface area (Å²) in [4.78, 5) is 12.2. The molecule has 4 nitrogen and oxygen atoms in total. The second-order valence-electron chi connectivity index (χ2n) is 6.59. The van der Waals surface area contributed by atoms with Gasteiger partial charge in [-0.2, -0.15) is 5.10 Å². The van der Waals surface area contributed by atoms with Crippen molar-refractivity contribution in [2.45, 2.75) is 34.2 Å². The molecule has 0 unspecified atom stereocenters. The van der Waals surface area contributed by atoms with E-state index in [9.17, 15) is 4.79 Å². The van der Waals surface area contributed by atoms with E-state index in [-0.39, 0.29) is 5.91 Å². The Morgan fingerprint density at radius 1 is 1.20 bits per heavy atom. The average molecular weight is 358 g/mol. The zero-order valence-electron chi connectivity index (χ0n) is 15.1. The van der Waals surface area contributed by atoms with Crippen LogP contribution in [0, 0.1) is 12.8 Å². The van der Waals surface area contributed by atoms with Crippen LogP contribution in [-0.4, -0.2) is 16.1 Å². The van der Waals surface area contributed by atoms with Crippen molar-refractivity contribution in [1.82, 2.24) is 15.5 Å². The van der Waals surface area contributed by atoms with Gasteiger partial charge in [-0.3, -0.25) is 9.89 Å². The van der Waals surface area contributed by atoms with E-state index >= 15 is 0 Å². The van der Waals surface area contributed by atoms with Gasteiger partial charge in [0.25, 0.3) is 5.91 Å². The molecule has 5 heteroatoms. The van der Waals surface area contributed by atoms with Crippen molar-refractivity contribution >= 4 is 28.4 Å². The highest BCUT2D eigenvalue weighted by Gasteiger charge is 2.09. The van der Waals surface area contributed by atoms with Gasteiger partial charge in [0.05, 0.1) is 5.52 Å². The summed E-state index contributed by atoms with van der Waals surface area (Å²) < 4.78 is 0. The Morgan fingerprint density at radius 3 is 2.56 bits per heavy atom. The molecular formula is C20H24ClN3O. The van der Waals surface area contributed by atoms with Crippen LogP contribution < -0.4 is 5.32 Å². The molecule has 0 radical (unpaired) electrons. The van der Waals surface area contributed by atoms with Gasteiger partial charge in [0.1, 0.15) is 0 Å². The summed E-state index contributed by atoms with van der Waals surface area (Å²) in [5.74, 6) is 0.706. The Kier molecular flexibility index (Phi) is 6.59. The second kappa shape index (κ2) is 8.67. The third-order valence-corrected chi connectivity index (χ3v) is 3.77. The first-order valence-electron chi connectivity index (χ1n) is 8.34. The standard InChI is InChI=1S/C16H14ClN3O.C4H10/c1-10-13-8-11(6-7-15(13)20-19-10)16(21)18-9-12-4-2-3-5-14(12)17;1-4(2)3/h2-8H,9H2,1H3,(H,18,21)(H,19,20);4H,1-3H3. The number of hydrogen-bond donors (Lipinski definition) is 2. The van der Waals surface area contributed by atoms with E-state index in [1.165, 1.54) is 0 Å². The van der Waals surface area contributed by atoms with Crippen LogP contribution in [0.4, 0.5) is 0 Å². The zero-order chi connectivity index (χ0) is 18.4. The van der Waals surface area contributed by atoms with Gasteiger partial charge in [0.15, 0.2) is 0 Å². The Bertz CT molecular complexity index is 852. The summed E-state index contributed by atoms with van der Waals surface area (Å²) in [7, 11) is 0. The van der Waals surface area contributed by atoms with Crippen LogP contribution >= 0.6 is 11.6 Å². The van der Waals surface area contributed by atoms with Gasteiger partial charge in [-0.1, -0.05) is 50.6 Å². The van der Waals surface area contributed by atoms with E-state index < -0.39 is 0 Å². The minimum atomic E-state index is -0.127. The molecule has 0 aliphatic rings. The third-order valence-electron chi connectivity index (χ3n) is 3.40. The molecule has 0 fully saturated rings. The van der Waals surface area contributed by atoms with Gasteiger partial charge in [-0.25, -0.2) is 0 Å².